The summed E-state index contributed by atoms with van der Waals surface area (Å²) >= 11 is 1.55. The molecular weight excluding hydrogens is 240 g/mol. The molecule has 0 spiro atoms. The van der Waals surface area contributed by atoms with Gasteiger partial charge >= 0.3 is 11.9 Å². The van der Waals surface area contributed by atoms with Gasteiger partial charge in [-0.2, -0.15) is 0 Å². The van der Waals surface area contributed by atoms with Gasteiger partial charge in [-0.05, 0) is 17.5 Å². The normalized spacial score (nSPS) is 11.7. The van der Waals surface area contributed by atoms with Crippen molar-refractivity contribution in [3.63, 3.8) is 0 Å². The number of ether oxygens (including phenoxy) is 1. The van der Waals surface area contributed by atoms with Crippen molar-refractivity contribution < 1.29 is 19.4 Å². The number of carbonyl (C=O) groups is 2. The molecule has 1 aromatic rings. The second-order valence-electron chi connectivity index (χ2n) is 3.13. The summed E-state index contributed by atoms with van der Waals surface area (Å²) in [5, 5.41) is 10.6. The Morgan fingerprint density at radius 3 is 2.82 bits per heavy atom. The van der Waals surface area contributed by atoms with Crippen molar-refractivity contribution in [1.82, 2.24) is 0 Å². The largest absolute Gasteiger partial charge is 0.481 e. The smallest absolute Gasteiger partial charge is 0.334 e. The highest BCUT2D eigenvalue weighted by Gasteiger charge is 2.12. The second-order valence-corrected chi connectivity index (χ2v) is 4.11. The molecule has 1 heterocycles. The van der Waals surface area contributed by atoms with Gasteiger partial charge in [0.05, 0.1) is 13.5 Å². The fourth-order valence-electron chi connectivity index (χ4n) is 1.14. The highest BCUT2D eigenvalue weighted by Crippen LogP contribution is 2.11. The fourth-order valence-corrected chi connectivity index (χ4v) is 1.77. The summed E-state index contributed by atoms with van der Waals surface area (Å²) in [4.78, 5) is 22.8. The third-order valence-corrected chi connectivity index (χ3v) is 2.73. The summed E-state index contributed by atoms with van der Waals surface area (Å²) in [7, 11) is 1.22. The molecule has 1 N–H and O–H groups in total. The van der Waals surface area contributed by atoms with Crippen molar-refractivity contribution in [3.05, 3.63) is 40.1 Å². The van der Waals surface area contributed by atoms with Crippen LogP contribution in [0, 0.1) is 0 Å². The Kier molecular flexibility index (Phi) is 5.16. The van der Waals surface area contributed by atoms with E-state index in [4.69, 9.17) is 5.11 Å². The summed E-state index contributed by atoms with van der Waals surface area (Å²) in [6.07, 6.45) is 4.55. The summed E-state index contributed by atoms with van der Waals surface area (Å²) in [6.45, 7) is 0. The average Bonchev–Trinajstić information content (AvgIpc) is 2.79. The number of thiophene rings is 1. The lowest BCUT2D eigenvalue weighted by molar-refractivity contribution is -0.141. The number of carbonyl (C=O) groups excluding carboxylic acids is 1. The zero-order valence-electron chi connectivity index (χ0n) is 9.25. The maximum Gasteiger partial charge on any atom is 0.334 e. The van der Waals surface area contributed by atoms with E-state index in [-0.39, 0.29) is 12.0 Å². The lowest BCUT2D eigenvalue weighted by Crippen LogP contribution is -2.09. The summed E-state index contributed by atoms with van der Waals surface area (Å²) < 4.78 is 4.50. The van der Waals surface area contributed by atoms with Crippen LogP contribution in [-0.4, -0.2) is 24.2 Å². The third kappa shape index (κ3) is 4.65. The summed E-state index contributed by atoms with van der Waals surface area (Å²) in [6, 6.07) is 3.83. The van der Waals surface area contributed by atoms with Crippen LogP contribution < -0.4 is 0 Å². The molecule has 0 aliphatic carbocycles. The van der Waals surface area contributed by atoms with Gasteiger partial charge < -0.3 is 9.84 Å². The second kappa shape index (κ2) is 6.65. The Hall–Kier alpha value is -1.88. The van der Waals surface area contributed by atoms with Crippen LogP contribution in [0.1, 0.15) is 11.3 Å². The highest BCUT2D eigenvalue weighted by molar-refractivity contribution is 7.10. The van der Waals surface area contributed by atoms with E-state index in [9.17, 15) is 9.59 Å². The summed E-state index contributed by atoms with van der Waals surface area (Å²) in [5.74, 6) is -1.69. The predicted molar refractivity (Wildman–Crippen MR) is 65.7 cm³/mol. The first-order valence-electron chi connectivity index (χ1n) is 4.84. The van der Waals surface area contributed by atoms with Gasteiger partial charge in [-0.3, -0.25) is 4.79 Å². The molecule has 0 saturated heterocycles. The van der Waals surface area contributed by atoms with E-state index in [2.05, 4.69) is 4.74 Å². The zero-order valence-corrected chi connectivity index (χ0v) is 10.1. The number of methoxy groups -OCH3 is 1. The number of rotatable bonds is 5. The predicted octanol–water partition coefficient (Wildman–Crippen LogP) is 2.34. The van der Waals surface area contributed by atoms with Crippen LogP contribution in [-0.2, 0) is 14.3 Å². The zero-order chi connectivity index (χ0) is 12.7. The van der Waals surface area contributed by atoms with E-state index in [1.165, 1.54) is 13.2 Å². The van der Waals surface area contributed by atoms with Crippen molar-refractivity contribution in [2.24, 2.45) is 0 Å². The quantitative estimate of drug-likeness (QED) is 0.496. The van der Waals surface area contributed by atoms with Crippen LogP contribution in [0.25, 0.3) is 6.08 Å². The monoisotopic (exact) mass is 252 g/mol. The molecule has 0 aliphatic heterocycles. The standard InChI is InChI=1S/C12H12O4S/c1-16-12(15)9(8-11(13)14)4-2-5-10-6-3-7-17-10/h2-7H,8H2,1H3,(H,13,14)/b5-2+,9-4+. The van der Waals surface area contributed by atoms with E-state index in [1.54, 1.807) is 23.5 Å². The minimum absolute atomic E-state index is 0.118. The first kappa shape index (κ1) is 13.2. The van der Waals surface area contributed by atoms with Gasteiger partial charge in [0.15, 0.2) is 0 Å². The van der Waals surface area contributed by atoms with Crippen molar-refractivity contribution in [3.8, 4) is 0 Å². The minimum Gasteiger partial charge on any atom is -0.481 e. The van der Waals surface area contributed by atoms with Gasteiger partial charge in [0.25, 0.3) is 0 Å². The first-order valence-corrected chi connectivity index (χ1v) is 5.72. The van der Waals surface area contributed by atoms with Crippen molar-refractivity contribution >= 4 is 29.4 Å². The Labute approximate surface area is 103 Å². The molecule has 0 aliphatic rings. The van der Waals surface area contributed by atoms with E-state index in [0.29, 0.717) is 0 Å². The molecule has 0 fully saturated rings. The van der Waals surface area contributed by atoms with Crippen molar-refractivity contribution in [2.45, 2.75) is 6.42 Å². The number of aliphatic carboxylic acids is 1. The van der Waals surface area contributed by atoms with Crippen molar-refractivity contribution in [1.29, 1.82) is 0 Å². The molecule has 0 atom stereocenters. The van der Waals surface area contributed by atoms with E-state index < -0.39 is 11.9 Å². The van der Waals surface area contributed by atoms with Gasteiger partial charge in [-0.15, -0.1) is 11.3 Å². The molecule has 0 aromatic carbocycles. The SMILES string of the molecule is COC(=O)/C(=C/C=C/c1cccs1)CC(=O)O. The highest BCUT2D eigenvalue weighted by atomic mass is 32.1. The lowest BCUT2D eigenvalue weighted by atomic mass is 10.1. The molecule has 0 saturated carbocycles. The molecule has 0 bridgehead atoms. The van der Waals surface area contributed by atoms with Gasteiger partial charge in [-0.1, -0.05) is 18.2 Å². The fraction of sp³-hybridized carbons (Fsp3) is 0.167. The Balaban J connectivity index is 2.75. The molecule has 0 amide bonds. The minimum atomic E-state index is -1.06. The number of hydrogen-bond donors (Lipinski definition) is 1. The van der Waals surface area contributed by atoms with Crippen LogP contribution in [0.5, 0.6) is 0 Å². The van der Waals surface area contributed by atoms with Crippen LogP contribution >= 0.6 is 11.3 Å². The number of esters is 1. The maximum absolute atomic E-state index is 11.3. The number of carboxylic acid groups (broad SMARTS) is 1. The Morgan fingerprint density at radius 2 is 2.29 bits per heavy atom. The van der Waals surface area contributed by atoms with Gasteiger partial charge in [0.1, 0.15) is 0 Å². The Morgan fingerprint density at radius 1 is 1.53 bits per heavy atom. The first-order chi connectivity index (χ1) is 8.13. The molecule has 17 heavy (non-hydrogen) atoms. The number of hydrogen-bond acceptors (Lipinski definition) is 4. The Bertz CT molecular complexity index is 443. The van der Waals surface area contributed by atoms with Crippen LogP contribution in [0.15, 0.2) is 35.2 Å². The third-order valence-electron chi connectivity index (χ3n) is 1.89. The maximum atomic E-state index is 11.3. The van der Waals surface area contributed by atoms with E-state index in [0.717, 1.165) is 4.88 Å². The van der Waals surface area contributed by atoms with Gasteiger partial charge in [0.2, 0.25) is 0 Å². The molecule has 0 unspecified atom stereocenters. The molecule has 0 radical (unpaired) electrons. The molecule has 1 aromatic heterocycles. The number of allylic oxidation sites excluding steroid dienone is 2. The van der Waals surface area contributed by atoms with Gasteiger partial charge in [-0.25, -0.2) is 4.79 Å². The van der Waals surface area contributed by atoms with Crippen molar-refractivity contribution in [2.75, 3.05) is 7.11 Å². The molecule has 5 heteroatoms. The average molecular weight is 252 g/mol. The molecule has 4 nitrogen and oxygen atoms in total. The van der Waals surface area contributed by atoms with E-state index >= 15 is 0 Å². The van der Waals surface area contributed by atoms with Crippen LogP contribution in [0.2, 0.25) is 0 Å². The molecular formula is C12H12O4S. The van der Waals surface area contributed by atoms with E-state index in [1.807, 2.05) is 17.5 Å². The van der Waals surface area contributed by atoms with Gasteiger partial charge in [0, 0.05) is 10.5 Å². The number of carboxylic acids is 1. The topological polar surface area (TPSA) is 63.6 Å². The van der Waals surface area contributed by atoms with Crippen LogP contribution in [0.3, 0.4) is 0 Å². The lowest BCUT2D eigenvalue weighted by Gasteiger charge is -2.00. The van der Waals surface area contributed by atoms with Crippen LogP contribution in [0.4, 0.5) is 0 Å². The summed E-state index contributed by atoms with van der Waals surface area (Å²) in [5.41, 5.74) is 0.118. The molecule has 90 valence electrons. The molecule has 1 rings (SSSR count).